The molecule has 1 aromatic rings. The van der Waals surface area contributed by atoms with Crippen LogP contribution >= 0.6 is 7.75 Å². The first kappa shape index (κ1) is 21.9. The predicted molar refractivity (Wildman–Crippen MR) is 89.8 cm³/mol. The van der Waals surface area contributed by atoms with Gasteiger partial charge in [0.2, 0.25) is 5.91 Å². The Hall–Kier alpha value is -2.35. The van der Waals surface area contributed by atoms with Gasteiger partial charge < -0.3 is 30.5 Å². The Labute approximate surface area is 156 Å². The van der Waals surface area contributed by atoms with Crippen molar-refractivity contribution in [3.8, 4) is 0 Å². The standard InChI is InChI=1S/C13H19N4O10P/c14-6(3-11(20)21)12(22)17(28(24,25)26)5-8-7(18)4-10(27-8)16-2-1-9(19)15-13(16)23/h1-2,6-8,10,18H,3-5,14H2,(H,20,21)(H,15,19,23)(H2,24,25,26)/t6-,7?,8-,10-/m0/s1. The van der Waals surface area contributed by atoms with Gasteiger partial charge in [-0.15, -0.1) is 0 Å². The number of carboxylic acids is 1. The summed E-state index contributed by atoms with van der Waals surface area (Å²) in [6.45, 7) is -0.799. The van der Waals surface area contributed by atoms with Gasteiger partial charge in [-0.3, -0.25) is 23.9 Å². The lowest BCUT2D eigenvalue weighted by molar-refractivity contribution is -0.141. The van der Waals surface area contributed by atoms with Crippen LogP contribution in [-0.4, -0.2) is 70.9 Å². The monoisotopic (exact) mass is 422 g/mol. The van der Waals surface area contributed by atoms with Crippen LogP contribution in [0.2, 0.25) is 0 Å². The summed E-state index contributed by atoms with van der Waals surface area (Å²) in [6, 6.07) is -0.679. The summed E-state index contributed by atoms with van der Waals surface area (Å²) in [5.41, 5.74) is 3.91. The highest BCUT2D eigenvalue weighted by molar-refractivity contribution is 7.49. The summed E-state index contributed by atoms with van der Waals surface area (Å²) < 4.78 is 18.1. The van der Waals surface area contributed by atoms with Crippen molar-refractivity contribution >= 4 is 19.6 Å². The number of H-pyrrole nitrogens is 1. The van der Waals surface area contributed by atoms with E-state index in [-0.39, 0.29) is 11.1 Å². The summed E-state index contributed by atoms with van der Waals surface area (Å²) in [6.07, 6.45) is -3.60. The first-order valence-corrected chi connectivity index (χ1v) is 9.46. The summed E-state index contributed by atoms with van der Waals surface area (Å²) in [7, 11) is -5.21. The highest BCUT2D eigenvalue weighted by atomic mass is 31.2. The fourth-order valence-corrected chi connectivity index (χ4v) is 3.45. The van der Waals surface area contributed by atoms with Crippen molar-refractivity contribution in [1.29, 1.82) is 0 Å². The molecule has 7 N–H and O–H groups in total. The lowest BCUT2D eigenvalue weighted by Gasteiger charge is -2.28. The Morgan fingerprint density at radius 3 is 2.61 bits per heavy atom. The molecule has 0 bridgehead atoms. The average molecular weight is 422 g/mol. The van der Waals surface area contributed by atoms with Crippen LogP contribution < -0.4 is 17.0 Å². The maximum Gasteiger partial charge on any atom is 0.432 e. The van der Waals surface area contributed by atoms with E-state index in [4.69, 9.17) is 15.6 Å². The number of aliphatic carboxylic acids is 1. The quantitative estimate of drug-likeness (QED) is 0.241. The summed E-state index contributed by atoms with van der Waals surface area (Å²) in [5.74, 6) is -2.78. The van der Waals surface area contributed by atoms with Crippen LogP contribution in [-0.2, 0) is 18.9 Å². The van der Waals surface area contributed by atoms with Crippen molar-refractivity contribution in [2.75, 3.05) is 6.54 Å². The van der Waals surface area contributed by atoms with E-state index in [0.717, 1.165) is 16.8 Å². The van der Waals surface area contributed by atoms with Crippen molar-refractivity contribution in [1.82, 2.24) is 14.2 Å². The van der Waals surface area contributed by atoms with Crippen LogP contribution in [0.4, 0.5) is 0 Å². The number of carboxylic acid groups (broad SMARTS) is 1. The Balaban J connectivity index is 2.19. The number of aliphatic hydroxyl groups excluding tert-OH is 1. The minimum atomic E-state index is -5.21. The van der Waals surface area contributed by atoms with Gasteiger partial charge in [0.15, 0.2) is 0 Å². The van der Waals surface area contributed by atoms with Crippen LogP contribution in [0.25, 0.3) is 0 Å². The van der Waals surface area contributed by atoms with E-state index in [9.17, 15) is 38.6 Å². The molecule has 1 aliphatic rings. The van der Waals surface area contributed by atoms with Crippen molar-refractivity contribution in [3.05, 3.63) is 33.1 Å². The number of hydrogen-bond acceptors (Lipinski definition) is 8. The molecule has 14 nitrogen and oxygen atoms in total. The SMILES string of the molecule is N[C@@H](CC(=O)O)C(=O)N(C[C@@H]1O[C@H](n2ccc(=O)[nH]c2=O)CC1O)P(=O)(O)O. The topological polar surface area (TPSA) is 225 Å². The molecular formula is C13H19N4O10P. The molecule has 0 saturated carbocycles. The van der Waals surface area contributed by atoms with Crippen molar-refractivity contribution in [2.24, 2.45) is 5.73 Å². The van der Waals surface area contributed by atoms with E-state index >= 15 is 0 Å². The number of carbonyl (C=O) groups is 2. The Kier molecular flexibility index (Phi) is 6.54. The number of nitrogens with two attached hydrogens (primary N) is 1. The molecule has 0 radical (unpaired) electrons. The van der Waals surface area contributed by atoms with Crippen LogP contribution in [0, 0.1) is 0 Å². The van der Waals surface area contributed by atoms with Gasteiger partial charge in [0, 0.05) is 18.7 Å². The van der Waals surface area contributed by atoms with Crippen LogP contribution in [0.15, 0.2) is 21.9 Å². The third-order valence-corrected chi connectivity index (χ3v) is 4.99. The number of hydrogen-bond donors (Lipinski definition) is 6. The molecule has 1 amide bonds. The van der Waals surface area contributed by atoms with E-state index in [1.165, 1.54) is 0 Å². The number of rotatable bonds is 7. The number of aliphatic hydroxyl groups is 1. The molecule has 0 spiro atoms. The second kappa shape index (κ2) is 8.34. The second-order valence-electron chi connectivity index (χ2n) is 6.09. The molecule has 28 heavy (non-hydrogen) atoms. The van der Waals surface area contributed by atoms with E-state index in [2.05, 4.69) is 0 Å². The second-order valence-corrected chi connectivity index (χ2v) is 7.60. The molecule has 156 valence electrons. The molecule has 1 saturated heterocycles. The van der Waals surface area contributed by atoms with Gasteiger partial charge in [0.25, 0.3) is 5.56 Å². The zero-order valence-corrected chi connectivity index (χ0v) is 15.1. The molecule has 1 unspecified atom stereocenters. The fraction of sp³-hybridized carbons (Fsp3) is 0.538. The van der Waals surface area contributed by atoms with E-state index in [0.29, 0.717) is 0 Å². The summed E-state index contributed by atoms with van der Waals surface area (Å²) in [5, 5.41) is 18.8. The largest absolute Gasteiger partial charge is 0.481 e. The summed E-state index contributed by atoms with van der Waals surface area (Å²) >= 11 is 0. The van der Waals surface area contributed by atoms with E-state index in [1.54, 1.807) is 0 Å². The normalized spacial score (nSPS) is 23.4. The number of aromatic amines is 1. The molecule has 4 atom stereocenters. The number of ether oxygens (including phenoxy) is 1. The first-order chi connectivity index (χ1) is 12.9. The Morgan fingerprint density at radius 2 is 2.07 bits per heavy atom. The number of nitrogens with one attached hydrogen (secondary N) is 1. The van der Waals surface area contributed by atoms with Gasteiger partial charge in [-0.25, -0.2) is 14.0 Å². The maximum atomic E-state index is 12.2. The third kappa shape index (κ3) is 5.13. The fourth-order valence-electron chi connectivity index (χ4n) is 2.67. The average Bonchev–Trinajstić information content (AvgIpc) is 2.90. The van der Waals surface area contributed by atoms with E-state index < -0.39 is 68.3 Å². The molecule has 1 aromatic heterocycles. The molecular weight excluding hydrogens is 403 g/mol. The lowest BCUT2D eigenvalue weighted by Crippen LogP contribution is -2.47. The smallest absolute Gasteiger partial charge is 0.432 e. The lowest BCUT2D eigenvalue weighted by atomic mass is 10.1. The summed E-state index contributed by atoms with van der Waals surface area (Å²) in [4.78, 5) is 66.6. The highest BCUT2D eigenvalue weighted by Crippen LogP contribution is 2.42. The molecule has 1 fully saturated rings. The molecule has 0 aliphatic carbocycles. The van der Waals surface area contributed by atoms with Gasteiger partial charge in [-0.1, -0.05) is 0 Å². The molecule has 2 heterocycles. The molecule has 0 aromatic carbocycles. The van der Waals surface area contributed by atoms with Crippen molar-refractivity contribution in [3.63, 3.8) is 0 Å². The van der Waals surface area contributed by atoms with Gasteiger partial charge in [-0.2, -0.15) is 0 Å². The minimum Gasteiger partial charge on any atom is -0.481 e. The van der Waals surface area contributed by atoms with Crippen LogP contribution in [0.1, 0.15) is 19.1 Å². The van der Waals surface area contributed by atoms with Crippen LogP contribution in [0.3, 0.4) is 0 Å². The van der Waals surface area contributed by atoms with Crippen LogP contribution in [0.5, 0.6) is 0 Å². The first-order valence-electron chi connectivity index (χ1n) is 7.90. The Morgan fingerprint density at radius 1 is 1.43 bits per heavy atom. The van der Waals surface area contributed by atoms with Crippen molar-refractivity contribution in [2.45, 2.75) is 37.3 Å². The number of amides is 1. The van der Waals surface area contributed by atoms with Gasteiger partial charge >= 0.3 is 19.4 Å². The maximum absolute atomic E-state index is 12.2. The zero-order chi connectivity index (χ0) is 21.2. The van der Waals surface area contributed by atoms with E-state index in [1.807, 2.05) is 4.98 Å². The van der Waals surface area contributed by atoms with Crippen molar-refractivity contribution < 1.29 is 38.9 Å². The number of carbonyl (C=O) groups excluding carboxylic acids is 1. The Bertz CT molecular complexity index is 907. The van der Waals surface area contributed by atoms with Gasteiger partial charge in [-0.05, 0) is 0 Å². The highest BCUT2D eigenvalue weighted by Gasteiger charge is 2.42. The minimum absolute atomic E-state index is 0.0342. The number of nitrogens with zero attached hydrogens (tertiary/aromatic N) is 2. The third-order valence-electron chi connectivity index (χ3n) is 4.00. The molecule has 1 aliphatic heterocycles. The number of aromatic nitrogens is 2. The molecule has 2 rings (SSSR count). The van der Waals surface area contributed by atoms with Gasteiger partial charge in [0.05, 0.1) is 25.1 Å². The molecule has 15 heteroatoms. The van der Waals surface area contributed by atoms with Gasteiger partial charge in [0.1, 0.15) is 12.3 Å². The zero-order valence-electron chi connectivity index (χ0n) is 14.2. The predicted octanol–water partition coefficient (Wildman–Crippen LogP) is -3.09.